The summed E-state index contributed by atoms with van der Waals surface area (Å²) < 4.78 is 0. The van der Waals surface area contributed by atoms with Gasteiger partial charge in [-0.05, 0) is 34.7 Å². The van der Waals surface area contributed by atoms with Crippen molar-refractivity contribution in [3.63, 3.8) is 0 Å². The van der Waals surface area contributed by atoms with Gasteiger partial charge < -0.3 is 5.32 Å². The van der Waals surface area contributed by atoms with Crippen LogP contribution in [0, 0.1) is 12.8 Å². The van der Waals surface area contributed by atoms with Gasteiger partial charge in [0.05, 0.1) is 0 Å². The highest BCUT2D eigenvalue weighted by Gasteiger charge is 2.11. The fourth-order valence-electron chi connectivity index (χ4n) is 1.40. The van der Waals surface area contributed by atoms with Crippen LogP contribution in [0.1, 0.15) is 18.1 Å². The van der Waals surface area contributed by atoms with Gasteiger partial charge in [0.25, 0.3) is 0 Å². The van der Waals surface area contributed by atoms with Crippen LogP contribution in [0.25, 0.3) is 0 Å². The minimum Gasteiger partial charge on any atom is -0.361 e. The average molecular weight is 240 g/mol. The van der Waals surface area contributed by atoms with Crippen LogP contribution in [0.5, 0.6) is 0 Å². The van der Waals surface area contributed by atoms with Gasteiger partial charge in [0.2, 0.25) is 0 Å². The van der Waals surface area contributed by atoms with E-state index < -0.39 is 0 Å². The molecule has 1 aliphatic heterocycles. The van der Waals surface area contributed by atoms with Crippen molar-refractivity contribution in [2.75, 3.05) is 12.3 Å². The van der Waals surface area contributed by atoms with E-state index in [1.165, 1.54) is 16.9 Å². The minimum atomic E-state index is 0.725. The molecular formula is C11H16N2S2. The molecule has 1 atom stereocenters. The third-order valence-corrected chi connectivity index (χ3v) is 4.64. The van der Waals surface area contributed by atoms with Crippen molar-refractivity contribution in [2.45, 2.75) is 20.4 Å². The molecule has 15 heavy (non-hydrogen) atoms. The fourth-order valence-corrected chi connectivity index (χ4v) is 3.15. The van der Waals surface area contributed by atoms with E-state index in [2.05, 4.69) is 34.9 Å². The number of thiophene rings is 1. The molecule has 1 unspecified atom stereocenters. The molecule has 1 aliphatic rings. The molecule has 0 aromatic carbocycles. The Labute approximate surface area is 99.2 Å². The molecule has 0 radical (unpaired) electrons. The summed E-state index contributed by atoms with van der Waals surface area (Å²) >= 11 is 3.61. The van der Waals surface area contributed by atoms with Crippen LogP contribution in [0.2, 0.25) is 0 Å². The zero-order valence-corrected chi connectivity index (χ0v) is 10.8. The van der Waals surface area contributed by atoms with Crippen molar-refractivity contribution in [1.82, 2.24) is 5.32 Å². The molecular weight excluding hydrogens is 224 g/mol. The van der Waals surface area contributed by atoms with E-state index in [1.807, 2.05) is 11.8 Å². The highest BCUT2D eigenvalue weighted by molar-refractivity contribution is 8.13. The number of nitrogens with one attached hydrogen (secondary N) is 1. The molecule has 0 amide bonds. The summed E-state index contributed by atoms with van der Waals surface area (Å²) in [4.78, 5) is 4.51. The molecule has 1 aromatic heterocycles. The van der Waals surface area contributed by atoms with Gasteiger partial charge >= 0.3 is 0 Å². The quantitative estimate of drug-likeness (QED) is 0.859. The van der Waals surface area contributed by atoms with Crippen molar-refractivity contribution in [2.24, 2.45) is 10.9 Å². The second-order valence-electron chi connectivity index (χ2n) is 4.00. The lowest BCUT2D eigenvalue weighted by molar-refractivity contribution is 0.669. The molecule has 0 bridgehead atoms. The number of aliphatic imine (C=N–C) groups is 1. The lowest BCUT2D eigenvalue weighted by Crippen LogP contribution is -2.25. The molecule has 0 fully saturated rings. The Morgan fingerprint density at radius 3 is 3.00 bits per heavy atom. The maximum absolute atomic E-state index is 4.51. The Kier molecular flexibility index (Phi) is 3.70. The van der Waals surface area contributed by atoms with Crippen molar-refractivity contribution in [1.29, 1.82) is 0 Å². The standard InChI is InChI=1S/C11H16N2S2/c1-8-3-12-11(15-5-8)13-4-10-7-14-6-9(10)2/h6-8H,3-5H2,1-2H3,(H,12,13). The second kappa shape index (κ2) is 5.03. The third kappa shape index (κ3) is 2.98. The molecule has 4 heteroatoms. The molecule has 0 spiro atoms. The first-order chi connectivity index (χ1) is 7.25. The van der Waals surface area contributed by atoms with E-state index in [1.54, 1.807) is 11.3 Å². The fraction of sp³-hybridized carbons (Fsp3) is 0.545. The number of rotatable bonds is 2. The second-order valence-corrected chi connectivity index (χ2v) is 5.75. The summed E-state index contributed by atoms with van der Waals surface area (Å²) in [5.74, 6) is 1.91. The normalized spacial score (nSPS) is 21.2. The summed E-state index contributed by atoms with van der Waals surface area (Å²) in [6, 6.07) is 0. The highest BCUT2D eigenvalue weighted by Crippen LogP contribution is 2.17. The average Bonchev–Trinajstić information content (AvgIpc) is 2.63. The lowest BCUT2D eigenvalue weighted by Gasteiger charge is -2.17. The molecule has 2 nitrogen and oxygen atoms in total. The smallest absolute Gasteiger partial charge is 0.156 e. The van der Waals surface area contributed by atoms with Gasteiger partial charge in [-0.2, -0.15) is 11.3 Å². The Hall–Kier alpha value is -0.480. The Bertz CT molecular complexity index is 357. The zero-order valence-electron chi connectivity index (χ0n) is 9.12. The van der Waals surface area contributed by atoms with Gasteiger partial charge in [0.1, 0.15) is 0 Å². The maximum Gasteiger partial charge on any atom is 0.156 e. The number of thioether (sulfide) groups is 1. The zero-order chi connectivity index (χ0) is 10.7. The van der Waals surface area contributed by atoms with Crippen molar-refractivity contribution >= 4 is 28.3 Å². The lowest BCUT2D eigenvalue weighted by atomic mass is 10.2. The minimum absolute atomic E-state index is 0.725. The van der Waals surface area contributed by atoms with Crippen LogP contribution in [-0.2, 0) is 6.54 Å². The number of amidine groups is 1. The van der Waals surface area contributed by atoms with E-state index >= 15 is 0 Å². The van der Waals surface area contributed by atoms with E-state index in [0.29, 0.717) is 0 Å². The van der Waals surface area contributed by atoms with E-state index in [-0.39, 0.29) is 0 Å². The first-order valence-electron chi connectivity index (χ1n) is 5.18. The molecule has 0 saturated heterocycles. The summed E-state index contributed by atoms with van der Waals surface area (Å²) in [5.41, 5.74) is 2.77. The predicted octanol–water partition coefficient (Wildman–Crippen LogP) is 2.89. The Morgan fingerprint density at radius 1 is 1.53 bits per heavy atom. The van der Waals surface area contributed by atoms with Crippen LogP contribution in [-0.4, -0.2) is 17.5 Å². The summed E-state index contributed by atoms with van der Waals surface area (Å²) in [5, 5.41) is 8.91. The molecule has 0 saturated carbocycles. The highest BCUT2D eigenvalue weighted by atomic mass is 32.2. The van der Waals surface area contributed by atoms with Gasteiger partial charge in [0, 0.05) is 18.8 Å². The molecule has 2 rings (SSSR count). The van der Waals surface area contributed by atoms with E-state index in [9.17, 15) is 0 Å². The van der Waals surface area contributed by atoms with Crippen molar-refractivity contribution < 1.29 is 0 Å². The number of nitrogens with zero attached hydrogens (tertiary/aromatic N) is 1. The first kappa shape index (κ1) is 11.0. The predicted molar refractivity (Wildman–Crippen MR) is 69.8 cm³/mol. The van der Waals surface area contributed by atoms with Crippen LogP contribution >= 0.6 is 23.1 Å². The maximum atomic E-state index is 4.51. The third-order valence-electron chi connectivity index (χ3n) is 2.44. The molecule has 2 heterocycles. The molecule has 1 aromatic rings. The summed E-state index contributed by atoms with van der Waals surface area (Å²) in [6.45, 7) is 6.29. The van der Waals surface area contributed by atoms with Crippen LogP contribution in [0.4, 0.5) is 0 Å². The van der Waals surface area contributed by atoms with Crippen molar-refractivity contribution in [3.8, 4) is 0 Å². The van der Waals surface area contributed by atoms with Crippen LogP contribution < -0.4 is 5.32 Å². The largest absolute Gasteiger partial charge is 0.361 e. The number of hydrogen-bond acceptors (Lipinski definition) is 4. The molecule has 1 N–H and O–H groups in total. The number of hydrogen-bond donors (Lipinski definition) is 1. The van der Waals surface area contributed by atoms with Crippen LogP contribution in [0.3, 0.4) is 0 Å². The Balaban J connectivity index is 1.86. The van der Waals surface area contributed by atoms with E-state index in [0.717, 1.165) is 24.2 Å². The molecule has 82 valence electrons. The van der Waals surface area contributed by atoms with Gasteiger partial charge in [0.15, 0.2) is 5.17 Å². The summed E-state index contributed by atoms with van der Waals surface area (Å²) in [6.07, 6.45) is 0. The SMILES string of the molecule is Cc1cscc1CNC1=NCC(C)CS1. The Morgan fingerprint density at radius 2 is 2.40 bits per heavy atom. The summed E-state index contributed by atoms with van der Waals surface area (Å²) in [7, 11) is 0. The van der Waals surface area contributed by atoms with Gasteiger partial charge in [-0.25, -0.2) is 0 Å². The van der Waals surface area contributed by atoms with Gasteiger partial charge in [-0.1, -0.05) is 18.7 Å². The van der Waals surface area contributed by atoms with Gasteiger partial charge in [-0.3, -0.25) is 4.99 Å². The van der Waals surface area contributed by atoms with Crippen LogP contribution in [0.15, 0.2) is 15.8 Å². The molecule has 0 aliphatic carbocycles. The number of aryl methyl sites for hydroxylation is 1. The van der Waals surface area contributed by atoms with Gasteiger partial charge in [-0.15, -0.1) is 0 Å². The topological polar surface area (TPSA) is 24.4 Å². The van der Waals surface area contributed by atoms with Crippen molar-refractivity contribution in [3.05, 3.63) is 21.9 Å². The monoisotopic (exact) mass is 240 g/mol. The van der Waals surface area contributed by atoms with E-state index in [4.69, 9.17) is 0 Å². The first-order valence-corrected chi connectivity index (χ1v) is 7.11.